The van der Waals surface area contributed by atoms with E-state index in [2.05, 4.69) is 52.0 Å². The van der Waals surface area contributed by atoms with Crippen LogP contribution in [-0.2, 0) is 5.41 Å². The molecular weight excluding hydrogens is 232 g/mol. The molecule has 0 aliphatic heterocycles. The fourth-order valence-corrected chi connectivity index (χ4v) is 2.30. The van der Waals surface area contributed by atoms with Crippen molar-refractivity contribution in [3.8, 4) is 5.75 Å². The third-order valence-electron chi connectivity index (χ3n) is 4.16. The van der Waals surface area contributed by atoms with Crippen molar-refractivity contribution in [2.24, 2.45) is 0 Å². The first-order chi connectivity index (χ1) is 8.82. The molecule has 2 aromatic carbocycles. The molecule has 0 atom stereocenters. The first-order valence-electron chi connectivity index (χ1n) is 6.70. The summed E-state index contributed by atoms with van der Waals surface area (Å²) < 4.78 is 0. The van der Waals surface area contributed by atoms with Crippen LogP contribution in [0.3, 0.4) is 0 Å². The molecule has 1 heteroatoms. The molecule has 0 spiro atoms. The number of benzene rings is 2. The summed E-state index contributed by atoms with van der Waals surface area (Å²) in [4.78, 5) is 0. The van der Waals surface area contributed by atoms with Gasteiger partial charge in [-0.3, -0.25) is 0 Å². The number of phenols is 1. The monoisotopic (exact) mass is 254 g/mol. The summed E-state index contributed by atoms with van der Waals surface area (Å²) in [5, 5.41) is 9.91. The number of rotatable bonds is 2. The van der Waals surface area contributed by atoms with Crippen LogP contribution in [0.2, 0.25) is 0 Å². The van der Waals surface area contributed by atoms with Crippen LogP contribution >= 0.6 is 0 Å². The Morgan fingerprint density at radius 3 is 1.79 bits per heavy atom. The summed E-state index contributed by atoms with van der Waals surface area (Å²) in [5.74, 6) is 0.370. The fraction of sp³-hybridized carbons (Fsp3) is 0.333. The highest BCUT2D eigenvalue weighted by Crippen LogP contribution is 2.34. The van der Waals surface area contributed by atoms with Crippen molar-refractivity contribution in [1.29, 1.82) is 0 Å². The van der Waals surface area contributed by atoms with Gasteiger partial charge in [0, 0.05) is 5.41 Å². The molecule has 1 N–H and O–H groups in total. The predicted molar refractivity (Wildman–Crippen MR) is 80.9 cm³/mol. The van der Waals surface area contributed by atoms with Crippen LogP contribution in [-0.4, -0.2) is 5.11 Å². The van der Waals surface area contributed by atoms with Crippen molar-refractivity contribution >= 4 is 0 Å². The van der Waals surface area contributed by atoms with Crippen LogP contribution in [0.1, 0.15) is 41.7 Å². The van der Waals surface area contributed by atoms with E-state index in [1.54, 1.807) is 0 Å². The largest absolute Gasteiger partial charge is 0.508 e. The van der Waals surface area contributed by atoms with Gasteiger partial charge in [-0.1, -0.05) is 44.2 Å². The number of aryl methyl sites for hydroxylation is 3. The fourth-order valence-electron chi connectivity index (χ4n) is 2.30. The SMILES string of the molecule is Cc1ccc(C(C)(C)c2ccc(C)c(O)c2)cc1C. The van der Waals surface area contributed by atoms with E-state index in [1.165, 1.54) is 16.7 Å². The molecule has 0 saturated carbocycles. The molecule has 0 aliphatic carbocycles. The second-order valence-electron chi connectivity index (χ2n) is 5.93. The number of aromatic hydroxyl groups is 1. The molecule has 0 saturated heterocycles. The molecule has 0 amide bonds. The van der Waals surface area contributed by atoms with Crippen LogP contribution in [0.5, 0.6) is 5.75 Å². The Bertz CT molecular complexity index is 556. The third kappa shape index (κ3) is 2.51. The zero-order valence-electron chi connectivity index (χ0n) is 12.4. The lowest BCUT2D eigenvalue weighted by Gasteiger charge is -2.27. The number of hydrogen-bond acceptors (Lipinski definition) is 1. The molecule has 0 fully saturated rings. The minimum Gasteiger partial charge on any atom is -0.508 e. The van der Waals surface area contributed by atoms with Gasteiger partial charge in [-0.15, -0.1) is 0 Å². The Labute approximate surface area is 115 Å². The molecule has 100 valence electrons. The molecule has 1 nitrogen and oxygen atoms in total. The molecule has 0 bridgehead atoms. The van der Waals surface area contributed by atoms with Gasteiger partial charge in [0.05, 0.1) is 0 Å². The summed E-state index contributed by atoms with van der Waals surface area (Å²) in [7, 11) is 0. The minimum absolute atomic E-state index is 0.108. The highest BCUT2D eigenvalue weighted by atomic mass is 16.3. The van der Waals surface area contributed by atoms with Crippen molar-refractivity contribution in [3.63, 3.8) is 0 Å². The van der Waals surface area contributed by atoms with E-state index >= 15 is 0 Å². The van der Waals surface area contributed by atoms with E-state index < -0.39 is 0 Å². The average molecular weight is 254 g/mol. The second-order valence-corrected chi connectivity index (χ2v) is 5.93. The Morgan fingerprint density at radius 1 is 0.737 bits per heavy atom. The summed E-state index contributed by atoms with van der Waals surface area (Å²) in [5.41, 5.74) is 5.84. The summed E-state index contributed by atoms with van der Waals surface area (Å²) in [6, 6.07) is 12.5. The van der Waals surface area contributed by atoms with Crippen LogP contribution in [0, 0.1) is 20.8 Å². The maximum Gasteiger partial charge on any atom is 0.118 e. The summed E-state index contributed by atoms with van der Waals surface area (Å²) >= 11 is 0. The summed E-state index contributed by atoms with van der Waals surface area (Å²) in [6.45, 7) is 10.6. The van der Waals surface area contributed by atoms with Crippen LogP contribution in [0.4, 0.5) is 0 Å². The van der Waals surface area contributed by atoms with E-state index in [0.29, 0.717) is 5.75 Å². The van der Waals surface area contributed by atoms with Gasteiger partial charge in [-0.05, 0) is 54.7 Å². The predicted octanol–water partition coefficient (Wildman–Crippen LogP) is 4.64. The average Bonchev–Trinajstić information content (AvgIpc) is 2.35. The highest BCUT2D eigenvalue weighted by molar-refractivity contribution is 5.45. The molecule has 2 rings (SSSR count). The van der Waals surface area contributed by atoms with Gasteiger partial charge in [0.2, 0.25) is 0 Å². The van der Waals surface area contributed by atoms with Gasteiger partial charge in [-0.25, -0.2) is 0 Å². The van der Waals surface area contributed by atoms with E-state index in [4.69, 9.17) is 0 Å². The van der Waals surface area contributed by atoms with Crippen LogP contribution < -0.4 is 0 Å². The molecule has 0 unspecified atom stereocenters. The standard InChI is InChI=1S/C18H22O/c1-12-6-8-15(10-14(12)3)18(4,5)16-9-7-13(2)17(19)11-16/h6-11,19H,1-5H3. The molecule has 0 aromatic heterocycles. The van der Waals surface area contributed by atoms with Gasteiger partial charge in [0.15, 0.2) is 0 Å². The van der Waals surface area contributed by atoms with Gasteiger partial charge in [0.25, 0.3) is 0 Å². The molecule has 0 radical (unpaired) electrons. The van der Waals surface area contributed by atoms with Crippen molar-refractivity contribution < 1.29 is 5.11 Å². The van der Waals surface area contributed by atoms with Crippen molar-refractivity contribution in [2.75, 3.05) is 0 Å². The zero-order chi connectivity index (χ0) is 14.2. The number of phenolic OH excluding ortho intramolecular Hbond substituents is 1. The maximum absolute atomic E-state index is 9.91. The maximum atomic E-state index is 9.91. The van der Waals surface area contributed by atoms with Crippen molar-refractivity contribution in [1.82, 2.24) is 0 Å². The Morgan fingerprint density at radius 2 is 1.26 bits per heavy atom. The van der Waals surface area contributed by atoms with Crippen molar-refractivity contribution in [2.45, 2.75) is 40.0 Å². The smallest absolute Gasteiger partial charge is 0.118 e. The van der Waals surface area contributed by atoms with E-state index in [9.17, 15) is 5.11 Å². The molecule has 0 heterocycles. The first kappa shape index (κ1) is 13.7. The van der Waals surface area contributed by atoms with Crippen LogP contribution in [0.15, 0.2) is 36.4 Å². The first-order valence-corrected chi connectivity index (χ1v) is 6.70. The molecular formula is C18H22O. The minimum atomic E-state index is -0.108. The normalized spacial score (nSPS) is 11.6. The van der Waals surface area contributed by atoms with E-state index in [0.717, 1.165) is 11.1 Å². The summed E-state index contributed by atoms with van der Waals surface area (Å²) in [6.07, 6.45) is 0. The Hall–Kier alpha value is -1.76. The second kappa shape index (κ2) is 4.73. The lowest BCUT2D eigenvalue weighted by Crippen LogP contribution is -2.19. The van der Waals surface area contributed by atoms with Gasteiger partial charge >= 0.3 is 0 Å². The highest BCUT2D eigenvalue weighted by Gasteiger charge is 2.24. The van der Waals surface area contributed by atoms with E-state index in [-0.39, 0.29) is 5.41 Å². The molecule has 0 aliphatic rings. The number of hydrogen-bond donors (Lipinski definition) is 1. The lowest BCUT2D eigenvalue weighted by atomic mass is 9.77. The lowest BCUT2D eigenvalue weighted by molar-refractivity contribution is 0.468. The Balaban J connectivity index is 2.51. The zero-order valence-corrected chi connectivity index (χ0v) is 12.4. The van der Waals surface area contributed by atoms with Gasteiger partial charge in [-0.2, -0.15) is 0 Å². The van der Waals surface area contributed by atoms with Crippen molar-refractivity contribution in [3.05, 3.63) is 64.2 Å². The Kier molecular flexibility index (Phi) is 3.40. The van der Waals surface area contributed by atoms with Gasteiger partial charge in [0.1, 0.15) is 5.75 Å². The molecule has 2 aromatic rings. The topological polar surface area (TPSA) is 20.2 Å². The quantitative estimate of drug-likeness (QED) is 0.827. The van der Waals surface area contributed by atoms with Gasteiger partial charge < -0.3 is 5.11 Å². The third-order valence-corrected chi connectivity index (χ3v) is 4.16. The molecule has 19 heavy (non-hydrogen) atoms. The van der Waals surface area contributed by atoms with E-state index in [1.807, 2.05) is 19.1 Å². The van der Waals surface area contributed by atoms with Crippen LogP contribution in [0.25, 0.3) is 0 Å².